The quantitative estimate of drug-likeness (QED) is 0.588. The molecule has 1 aliphatic rings. The molecule has 0 radical (unpaired) electrons. The Morgan fingerprint density at radius 1 is 1.50 bits per heavy atom. The molecule has 1 aliphatic heterocycles. The van der Waals surface area contributed by atoms with Gasteiger partial charge in [-0.3, -0.25) is 14.9 Å². The Balaban J connectivity index is 2.41. The lowest BCUT2D eigenvalue weighted by Crippen LogP contribution is -2.46. The van der Waals surface area contributed by atoms with Gasteiger partial charge in [0.1, 0.15) is 6.33 Å². The molecule has 1 aromatic heterocycles. The number of piperidine rings is 1. The van der Waals surface area contributed by atoms with Gasteiger partial charge in [0.15, 0.2) is 0 Å². The van der Waals surface area contributed by atoms with Crippen molar-refractivity contribution in [2.75, 3.05) is 17.2 Å². The highest BCUT2D eigenvalue weighted by molar-refractivity contribution is 5.78. The fraction of sp³-hybridized carbons (Fsp3) is 0.545. The first-order valence-electron chi connectivity index (χ1n) is 6.22. The maximum Gasteiger partial charge on any atom is 0.353 e. The van der Waals surface area contributed by atoms with Crippen LogP contribution in [-0.2, 0) is 4.79 Å². The van der Waals surface area contributed by atoms with E-state index in [1.54, 1.807) is 4.90 Å². The number of rotatable bonds is 3. The van der Waals surface area contributed by atoms with E-state index in [1.165, 1.54) is 6.33 Å². The van der Waals surface area contributed by atoms with Crippen LogP contribution in [0.5, 0.6) is 0 Å². The van der Waals surface area contributed by atoms with Crippen molar-refractivity contribution in [1.82, 2.24) is 9.97 Å². The third-order valence-corrected chi connectivity index (χ3v) is 3.57. The van der Waals surface area contributed by atoms with Crippen LogP contribution in [0, 0.1) is 16.0 Å². The fourth-order valence-electron chi connectivity index (χ4n) is 2.40. The summed E-state index contributed by atoms with van der Waals surface area (Å²) >= 11 is 0. The summed E-state index contributed by atoms with van der Waals surface area (Å²) in [6, 6.07) is 0.0126. The van der Waals surface area contributed by atoms with Crippen molar-refractivity contribution in [3.05, 3.63) is 16.4 Å². The van der Waals surface area contributed by atoms with Crippen LogP contribution in [-0.4, -0.2) is 33.4 Å². The topological polar surface area (TPSA) is 141 Å². The molecule has 9 nitrogen and oxygen atoms in total. The van der Waals surface area contributed by atoms with Crippen LogP contribution in [0.1, 0.15) is 19.8 Å². The van der Waals surface area contributed by atoms with E-state index >= 15 is 0 Å². The van der Waals surface area contributed by atoms with Gasteiger partial charge in [0, 0.05) is 12.6 Å². The molecule has 108 valence electrons. The van der Waals surface area contributed by atoms with Crippen LogP contribution in [0.2, 0.25) is 0 Å². The smallest absolute Gasteiger partial charge is 0.353 e. The lowest BCUT2D eigenvalue weighted by molar-refractivity contribution is -0.383. The Hall–Kier alpha value is -2.45. The lowest BCUT2D eigenvalue weighted by Gasteiger charge is -2.37. The molecule has 0 saturated carbocycles. The monoisotopic (exact) mass is 280 g/mol. The van der Waals surface area contributed by atoms with Crippen molar-refractivity contribution in [2.45, 2.75) is 25.8 Å². The zero-order valence-corrected chi connectivity index (χ0v) is 11.0. The minimum atomic E-state index is -0.606. The van der Waals surface area contributed by atoms with Crippen LogP contribution in [0.15, 0.2) is 6.33 Å². The van der Waals surface area contributed by atoms with Crippen LogP contribution in [0.3, 0.4) is 0 Å². The highest BCUT2D eigenvalue weighted by Gasteiger charge is 2.34. The molecule has 0 aliphatic carbocycles. The first kappa shape index (κ1) is 14.0. The highest BCUT2D eigenvalue weighted by Crippen LogP contribution is 2.34. The molecule has 1 amide bonds. The molecule has 2 atom stereocenters. The van der Waals surface area contributed by atoms with E-state index in [0.717, 1.165) is 0 Å². The average molecular weight is 280 g/mol. The van der Waals surface area contributed by atoms with Gasteiger partial charge in [-0.1, -0.05) is 0 Å². The maximum atomic E-state index is 11.3. The average Bonchev–Trinajstić information content (AvgIpc) is 2.38. The summed E-state index contributed by atoms with van der Waals surface area (Å²) in [6.45, 7) is 2.22. The molecule has 20 heavy (non-hydrogen) atoms. The van der Waals surface area contributed by atoms with Crippen LogP contribution in [0.4, 0.5) is 17.3 Å². The summed E-state index contributed by atoms with van der Waals surface area (Å²) in [5.41, 5.74) is 10.6. The molecule has 1 fully saturated rings. The van der Waals surface area contributed by atoms with Crippen molar-refractivity contribution in [2.24, 2.45) is 11.7 Å². The van der Waals surface area contributed by atoms with Crippen molar-refractivity contribution in [3.63, 3.8) is 0 Å². The normalized spacial score (nSPS) is 22.6. The van der Waals surface area contributed by atoms with E-state index in [-0.39, 0.29) is 29.3 Å². The number of primary amides is 1. The fourth-order valence-corrected chi connectivity index (χ4v) is 2.40. The van der Waals surface area contributed by atoms with E-state index in [9.17, 15) is 14.9 Å². The van der Waals surface area contributed by atoms with Gasteiger partial charge >= 0.3 is 5.69 Å². The van der Waals surface area contributed by atoms with Gasteiger partial charge in [0.05, 0.1) is 10.8 Å². The summed E-state index contributed by atoms with van der Waals surface area (Å²) in [6.07, 6.45) is 2.55. The van der Waals surface area contributed by atoms with Crippen molar-refractivity contribution >= 4 is 23.2 Å². The SMILES string of the molecule is CC1CCC(C(N)=O)CN1c1ncnc(N)c1[N+](=O)[O-]. The van der Waals surface area contributed by atoms with Gasteiger partial charge in [-0.15, -0.1) is 0 Å². The van der Waals surface area contributed by atoms with Gasteiger partial charge in [-0.2, -0.15) is 0 Å². The van der Waals surface area contributed by atoms with E-state index in [0.29, 0.717) is 19.4 Å². The summed E-state index contributed by atoms with van der Waals surface area (Å²) in [4.78, 5) is 31.2. The van der Waals surface area contributed by atoms with Crippen LogP contribution < -0.4 is 16.4 Å². The number of anilines is 2. The third kappa shape index (κ3) is 2.46. The summed E-state index contributed by atoms with van der Waals surface area (Å²) < 4.78 is 0. The maximum absolute atomic E-state index is 11.3. The molecular weight excluding hydrogens is 264 g/mol. The number of hydrogen-bond acceptors (Lipinski definition) is 7. The number of nitrogen functional groups attached to an aromatic ring is 1. The molecule has 4 N–H and O–H groups in total. The Kier molecular flexibility index (Phi) is 3.68. The number of aromatic nitrogens is 2. The largest absolute Gasteiger partial charge is 0.378 e. The number of nitrogens with zero attached hydrogens (tertiary/aromatic N) is 4. The number of carbonyl (C=O) groups excluding carboxylic acids is 1. The molecule has 1 aromatic rings. The molecule has 2 rings (SSSR count). The van der Waals surface area contributed by atoms with E-state index in [2.05, 4.69) is 9.97 Å². The first-order valence-corrected chi connectivity index (χ1v) is 6.22. The molecule has 0 spiro atoms. The number of nitrogens with two attached hydrogens (primary N) is 2. The first-order chi connectivity index (χ1) is 9.41. The second-order valence-electron chi connectivity index (χ2n) is 4.87. The second-order valence-corrected chi connectivity index (χ2v) is 4.87. The predicted molar refractivity (Wildman–Crippen MR) is 71.8 cm³/mol. The second kappa shape index (κ2) is 5.27. The standard InChI is InChI=1S/C11H16N6O3/c1-6-2-3-7(10(13)18)4-16(6)11-8(17(19)20)9(12)14-5-15-11/h5-7H,2-4H2,1H3,(H2,13,18)(H2,12,14,15). The summed E-state index contributed by atoms with van der Waals surface area (Å²) in [5, 5.41) is 11.1. The van der Waals surface area contributed by atoms with Crippen molar-refractivity contribution < 1.29 is 9.72 Å². The molecule has 2 unspecified atom stereocenters. The van der Waals surface area contributed by atoms with Crippen molar-refractivity contribution in [3.8, 4) is 0 Å². The zero-order chi connectivity index (χ0) is 14.9. The highest BCUT2D eigenvalue weighted by atomic mass is 16.6. The summed E-state index contributed by atoms with van der Waals surface area (Å²) in [7, 11) is 0. The van der Waals surface area contributed by atoms with E-state index in [1.807, 2.05) is 6.92 Å². The molecular formula is C11H16N6O3. The molecule has 2 heterocycles. The molecule has 0 bridgehead atoms. The zero-order valence-electron chi connectivity index (χ0n) is 11.0. The third-order valence-electron chi connectivity index (χ3n) is 3.57. The molecule has 1 saturated heterocycles. The Morgan fingerprint density at radius 3 is 2.80 bits per heavy atom. The van der Waals surface area contributed by atoms with Gasteiger partial charge < -0.3 is 16.4 Å². The Morgan fingerprint density at radius 2 is 2.20 bits per heavy atom. The van der Waals surface area contributed by atoms with Gasteiger partial charge in [-0.25, -0.2) is 9.97 Å². The van der Waals surface area contributed by atoms with Crippen LogP contribution in [0.25, 0.3) is 0 Å². The minimum absolute atomic E-state index is 0.0126. The number of carbonyl (C=O) groups is 1. The molecule has 9 heteroatoms. The molecule has 0 aromatic carbocycles. The van der Waals surface area contributed by atoms with Crippen LogP contribution >= 0.6 is 0 Å². The lowest BCUT2D eigenvalue weighted by atomic mass is 9.93. The number of amides is 1. The van der Waals surface area contributed by atoms with Gasteiger partial charge in [-0.05, 0) is 19.8 Å². The number of hydrogen-bond donors (Lipinski definition) is 2. The summed E-state index contributed by atoms with van der Waals surface area (Å²) in [5.74, 6) is -0.803. The Labute approximate surface area is 115 Å². The Bertz CT molecular complexity index is 549. The van der Waals surface area contributed by atoms with Crippen molar-refractivity contribution in [1.29, 1.82) is 0 Å². The van der Waals surface area contributed by atoms with Gasteiger partial charge in [0.25, 0.3) is 0 Å². The van der Waals surface area contributed by atoms with E-state index < -0.39 is 10.8 Å². The number of nitro groups is 1. The van der Waals surface area contributed by atoms with Gasteiger partial charge in [0.2, 0.25) is 17.5 Å². The minimum Gasteiger partial charge on any atom is -0.378 e. The predicted octanol–water partition coefficient (Wildman–Crippen LogP) is 0.0572. The van der Waals surface area contributed by atoms with E-state index in [4.69, 9.17) is 11.5 Å².